The van der Waals surface area contributed by atoms with E-state index in [0.717, 1.165) is 12.0 Å². The van der Waals surface area contributed by atoms with Crippen molar-refractivity contribution in [3.8, 4) is 5.88 Å². The van der Waals surface area contributed by atoms with E-state index in [1.54, 1.807) is 31.5 Å². The molecule has 1 atom stereocenters. The first kappa shape index (κ1) is 17.6. The van der Waals surface area contributed by atoms with E-state index >= 15 is 0 Å². The first-order valence-electron chi connectivity index (χ1n) is 7.51. The summed E-state index contributed by atoms with van der Waals surface area (Å²) in [6, 6.07) is 8.38. The van der Waals surface area contributed by atoms with Crippen molar-refractivity contribution in [2.24, 2.45) is 0 Å². The van der Waals surface area contributed by atoms with Crippen molar-refractivity contribution >= 4 is 21.7 Å². The third-order valence-electron chi connectivity index (χ3n) is 3.69. The van der Waals surface area contributed by atoms with Crippen LogP contribution < -0.4 is 4.74 Å². The Morgan fingerprint density at radius 3 is 2.70 bits per heavy atom. The molecule has 1 unspecified atom stereocenters. The third-order valence-corrected chi connectivity index (χ3v) is 4.18. The molecule has 0 aliphatic rings. The monoisotopic (exact) mass is 379 g/mol. The van der Waals surface area contributed by atoms with Crippen LogP contribution in [-0.2, 0) is 11.2 Å². The molecule has 0 saturated carbocycles. The van der Waals surface area contributed by atoms with Crippen LogP contribution >= 0.6 is 15.9 Å². The number of rotatable bonds is 7. The maximum absolute atomic E-state index is 14.2. The van der Waals surface area contributed by atoms with Gasteiger partial charge in [0.15, 0.2) is 0 Å². The lowest BCUT2D eigenvalue weighted by molar-refractivity contribution is -0.120. The lowest BCUT2D eigenvalue weighted by atomic mass is 9.87. The molecule has 122 valence electrons. The van der Waals surface area contributed by atoms with Gasteiger partial charge in [0.25, 0.3) is 0 Å². The van der Waals surface area contributed by atoms with Gasteiger partial charge in [0.1, 0.15) is 11.6 Å². The van der Waals surface area contributed by atoms with Gasteiger partial charge < -0.3 is 4.74 Å². The first-order valence-corrected chi connectivity index (χ1v) is 8.31. The third kappa shape index (κ3) is 4.61. The van der Waals surface area contributed by atoms with Gasteiger partial charge in [0, 0.05) is 29.1 Å². The summed E-state index contributed by atoms with van der Waals surface area (Å²) >= 11 is 3.24. The molecule has 1 aromatic heterocycles. The molecule has 1 aromatic carbocycles. The zero-order chi connectivity index (χ0) is 16.8. The van der Waals surface area contributed by atoms with E-state index in [1.165, 1.54) is 6.07 Å². The van der Waals surface area contributed by atoms with Crippen molar-refractivity contribution in [3.63, 3.8) is 0 Å². The Morgan fingerprint density at radius 2 is 2.13 bits per heavy atom. The molecular weight excluding hydrogens is 361 g/mol. The molecule has 23 heavy (non-hydrogen) atoms. The number of aromatic nitrogens is 1. The van der Waals surface area contributed by atoms with Gasteiger partial charge >= 0.3 is 0 Å². The van der Waals surface area contributed by atoms with Crippen molar-refractivity contribution < 1.29 is 13.9 Å². The summed E-state index contributed by atoms with van der Waals surface area (Å²) in [5.41, 5.74) is 1.26. The lowest BCUT2D eigenvalue weighted by Gasteiger charge is -2.16. The van der Waals surface area contributed by atoms with Crippen LogP contribution in [0.3, 0.4) is 0 Å². The fourth-order valence-electron chi connectivity index (χ4n) is 2.52. The van der Waals surface area contributed by atoms with Crippen molar-refractivity contribution in [2.45, 2.75) is 32.1 Å². The van der Waals surface area contributed by atoms with E-state index in [0.29, 0.717) is 22.3 Å². The van der Waals surface area contributed by atoms with Crippen LogP contribution in [0.1, 0.15) is 36.8 Å². The molecule has 2 rings (SSSR count). The fourth-order valence-corrected chi connectivity index (χ4v) is 2.86. The van der Waals surface area contributed by atoms with Crippen LogP contribution in [0.2, 0.25) is 0 Å². The number of carbonyl (C=O) groups is 1. The number of ether oxygens (including phenoxy) is 1. The largest absolute Gasteiger partial charge is 0.481 e. The average molecular weight is 380 g/mol. The Bertz CT molecular complexity index is 673. The zero-order valence-corrected chi connectivity index (χ0v) is 14.8. The number of hydrogen-bond donors (Lipinski definition) is 0. The summed E-state index contributed by atoms with van der Waals surface area (Å²) in [6.07, 6.45) is 3.29. The smallest absolute Gasteiger partial charge is 0.212 e. The molecule has 0 aliphatic carbocycles. The molecule has 2 aromatic rings. The van der Waals surface area contributed by atoms with Crippen LogP contribution in [0.15, 0.2) is 41.0 Å². The highest BCUT2D eigenvalue weighted by Gasteiger charge is 2.23. The van der Waals surface area contributed by atoms with Crippen molar-refractivity contribution in [1.82, 2.24) is 4.98 Å². The molecular formula is C18H19BrFNO2. The highest BCUT2D eigenvalue weighted by atomic mass is 79.9. The van der Waals surface area contributed by atoms with Crippen LogP contribution in [-0.4, -0.2) is 17.9 Å². The molecule has 1 heterocycles. The van der Waals surface area contributed by atoms with Crippen LogP contribution in [0.25, 0.3) is 0 Å². The number of benzene rings is 1. The number of nitrogens with zero attached hydrogens (tertiary/aromatic N) is 1. The minimum Gasteiger partial charge on any atom is -0.481 e. The summed E-state index contributed by atoms with van der Waals surface area (Å²) < 4.78 is 19.9. The summed E-state index contributed by atoms with van der Waals surface area (Å²) in [6.45, 7) is 1.99. The standard InChI is InChI=1S/C18H19BrFNO2/c1-3-4-15(14-7-6-13(19)10-16(14)20)17(22)9-12-5-8-18(23-2)21-11-12/h5-8,10-11,15H,3-4,9H2,1-2H3. The Hall–Kier alpha value is -1.75. The summed E-state index contributed by atoms with van der Waals surface area (Å²) in [7, 11) is 1.54. The van der Waals surface area contributed by atoms with Gasteiger partial charge in [-0.05, 0) is 29.7 Å². The maximum Gasteiger partial charge on any atom is 0.212 e. The Labute approximate surface area is 144 Å². The molecule has 5 heteroatoms. The van der Waals surface area contributed by atoms with Gasteiger partial charge in [0.2, 0.25) is 5.88 Å². The Kier molecular flexibility index (Phi) is 6.28. The van der Waals surface area contributed by atoms with Gasteiger partial charge in [-0.25, -0.2) is 9.37 Å². The molecule has 3 nitrogen and oxygen atoms in total. The van der Waals surface area contributed by atoms with Gasteiger partial charge in [0.05, 0.1) is 7.11 Å². The zero-order valence-electron chi connectivity index (χ0n) is 13.2. The highest BCUT2D eigenvalue weighted by molar-refractivity contribution is 9.10. The predicted octanol–water partition coefficient (Wildman–Crippen LogP) is 4.69. The van der Waals surface area contributed by atoms with Gasteiger partial charge in [-0.1, -0.05) is 41.4 Å². The number of methoxy groups -OCH3 is 1. The average Bonchev–Trinajstić information content (AvgIpc) is 2.54. The summed E-state index contributed by atoms with van der Waals surface area (Å²) in [5, 5.41) is 0. The minimum absolute atomic E-state index is 0.0000364. The van der Waals surface area contributed by atoms with Crippen LogP contribution in [0.5, 0.6) is 5.88 Å². The van der Waals surface area contributed by atoms with Crippen molar-refractivity contribution in [3.05, 3.63) is 57.9 Å². The Morgan fingerprint density at radius 1 is 1.35 bits per heavy atom. The van der Waals surface area contributed by atoms with Crippen molar-refractivity contribution in [2.75, 3.05) is 7.11 Å². The van der Waals surface area contributed by atoms with E-state index in [9.17, 15) is 9.18 Å². The fraction of sp³-hybridized carbons (Fsp3) is 0.333. The molecule has 0 bridgehead atoms. The van der Waals surface area contributed by atoms with E-state index in [1.807, 2.05) is 13.0 Å². The summed E-state index contributed by atoms with van der Waals surface area (Å²) in [5.74, 6) is -0.278. The van der Waals surface area contributed by atoms with E-state index in [4.69, 9.17) is 4.74 Å². The summed E-state index contributed by atoms with van der Waals surface area (Å²) in [4.78, 5) is 16.8. The van der Waals surface area contributed by atoms with Gasteiger partial charge in [-0.15, -0.1) is 0 Å². The number of hydrogen-bond acceptors (Lipinski definition) is 3. The van der Waals surface area contributed by atoms with E-state index in [2.05, 4.69) is 20.9 Å². The van der Waals surface area contributed by atoms with E-state index in [-0.39, 0.29) is 18.0 Å². The van der Waals surface area contributed by atoms with Crippen LogP contribution in [0, 0.1) is 5.82 Å². The number of Topliss-reactive ketones (excluding diaryl/α,β-unsaturated/α-hetero) is 1. The molecule has 0 spiro atoms. The SMILES string of the molecule is CCCC(C(=O)Cc1ccc(OC)nc1)c1ccc(Br)cc1F. The van der Waals surface area contributed by atoms with Gasteiger partial charge in [-0.3, -0.25) is 4.79 Å². The number of ketones is 1. The maximum atomic E-state index is 14.2. The Balaban J connectivity index is 2.20. The first-order chi connectivity index (χ1) is 11.0. The molecule has 0 saturated heterocycles. The quantitative estimate of drug-likeness (QED) is 0.700. The molecule has 0 fully saturated rings. The van der Waals surface area contributed by atoms with Gasteiger partial charge in [-0.2, -0.15) is 0 Å². The molecule has 0 aliphatic heterocycles. The topological polar surface area (TPSA) is 39.2 Å². The normalized spacial score (nSPS) is 12.0. The predicted molar refractivity (Wildman–Crippen MR) is 91.2 cm³/mol. The second-order valence-corrected chi connectivity index (χ2v) is 6.27. The second-order valence-electron chi connectivity index (χ2n) is 5.36. The number of halogens is 2. The molecule has 0 radical (unpaired) electrons. The number of pyridine rings is 1. The van der Waals surface area contributed by atoms with Crippen molar-refractivity contribution in [1.29, 1.82) is 0 Å². The van der Waals surface area contributed by atoms with E-state index < -0.39 is 5.92 Å². The highest BCUT2D eigenvalue weighted by Crippen LogP contribution is 2.28. The van der Waals surface area contributed by atoms with Crippen LogP contribution in [0.4, 0.5) is 4.39 Å². The lowest BCUT2D eigenvalue weighted by Crippen LogP contribution is -2.16. The second kappa shape index (κ2) is 8.20. The minimum atomic E-state index is -0.435. The number of carbonyl (C=O) groups excluding carboxylic acids is 1. The molecule has 0 amide bonds. The molecule has 0 N–H and O–H groups in total.